The number of benzene rings is 2. The summed E-state index contributed by atoms with van der Waals surface area (Å²) < 4.78 is 25.3. The van der Waals surface area contributed by atoms with Crippen molar-refractivity contribution in [2.75, 3.05) is 7.11 Å². The van der Waals surface area contributed by atoms with Crippen molar-refractivity contribution in [1.82, 2.24) is 5.32 Å². The lowest BCUT2D eigenvalue weighted by Crippen LogP contribution is -2.29. The van der Waals surface area contributed by atoms with Gasteiger partial charge in [0.25, 0.3) is 0 Å². The van der Waals surface area contributed by atoms with E-state index >= 15 is 0 Å². The Kier molecular flexibility index (Phi) is 9.21. The summed E-state index contributed by atoms with van der Waals surface area (Å²) in [7, 11) is 1.51. The van der Waals surface area contributed by atoms with Crippen LogP contribution in [0.25, 0.3) is 6.08 Å². The van der Waals surface area contributed by atoms with Gasteiger partial charge in [0.2, 0.25) is 5.91 Å². The van der Waals surface area contributed by atoms with Crippen molar-refractivity contribution in [3.8, 4) is 5.75 Å². The number of carbonyl (C=O) groups excluding carboxylic acids is 1. The first-order valence-corrected chi connectivity index (χ1v) is 10.4. The van der Waals surface area contributed by atoms with Crippen LogP contribution >= 0.6 is 15.9 Å². The number of nitrogens with one attached hydrogen (secondary N) is 1. The van der Waals surface area contributed by atoms with Crippen LogP contribution in [0.4, 0.5) is 4.39 Å². The number of carbonyl (C=O) groups is 2. The molecule has 0 aliphatic carbocycles. The lowest BCUT2D eigenvalue weighted by Gasteiger charge is -2.17. The molecule has 0 saturated carbocycles. The Bertz CT molecular complexity index is 961. The van der Waals surface area contributed by atoms with E-state index in [1.165, 1.54) is 25.3 Å². The van der Waals surface area contributed by atoms with Crippen molar-refractivity contribution in [1.29, 1.82) is 0 Å². The normalized spacial score (nSPS) is 12.2. The number of rotatable bonds is 10. The molecule has 2 aromatic rings. The molecule has 1 amide bonds. The van der Waals surface area contributed by atoms with Crippen LogP contribution in [0.3, 0.4) is 0 Å². The second-order valence-corrected chi connectivity index (χ2v) is 7.99. The molecule has 0 bridgehead atoms. The molecule has 0 spiro atoms. The van der Waals surface area contributed by atoms with E-state index in [1.54, 1.807) is 44.2 Å². The predicted molar refractivity (Wildman–Crippen MR) is 119 cm³/mol. The van der Waals surface area contributed by atoms with Gasteiger partial charge in [0.1, 0.15) is 11.6 Å². The van der Waals surface area contributed by atoms with Gasteiger partial charge in [0.15, 0.2) is 6.10 Å². The highest BCUT2D eigenvalue weighted by atomic mass is 79.9. The van der Waals surface area contributed by atoms with Crippen molar-refractivity contribution in [2.24, 2.45) is 0 Å². The van der Waals surface area contributed by atoms with Crippen molar-refractivity contribution >= 4 is 33.9 Å². The molecule has 31 heavy (non-hydrogen) atoms. The van der Waals surface area contributed by atoms with E-state index in [-0.39, 0.29) is 19.1 Å². The number of carboxylic acids is 1. The van der Waals surface area contributed by atoms with Gasteiger partial charge in [0, 0.05) is 34.6 Å². The summed E-state index contributed by atoms with van der Waals surface area (Å²) in [5, 5.41) is 12.1. The SMILES string of the molecule is COc1ccc(CC(OC(C)C)C(=O)O)cc1CNC(=O)/C=C/c1ccc(Br)cc1F. The summed E-state index contributed by atoms with van der Waals surface area (Å²) in [5.41, 5.74) is 1.72. The zero-order valence-electron chi connectivity index (χ0n) is 17.5. The molecule has 166 valence electrons. The molecule has 0 radical (unpaired) electrons. The molecule has 8 heteroatoms. The number of hydrogen-bond donors (Lipinski definition) is 2. The quantitative estimate of drug-likeness (QED) is 0.480. The highest BCUT2D eigenvalue weighted by Gasteiger charge is 2.20. The highest BCUT2D eigenvalue weighted by Crippen LogP contribution is 2.22. The molecule has 6 nitrogen and oxygen atoms in total. The largest absolute Gasteiger partial charge is 0.496 e. The minimum absolute atomic E-state index is 0.159. The van der Waals surface area contributed by atoms with Crippen molar-refractivity contribution < 1.29 is 28.6 Å². The fourth-order valence-corrected chi connectivity index (χ4v) is 3.21. The van der Waals surface area contributed by atoms with E-state index < -0.39 is 23.8 Å². The number of halogens is 2. The lowest BCUT2D eigenvalue weighted by atomic mass is 10.0. The first kappa shape index (κ1) is 24.6. The van der Waals surface area contributed by atoms with Crippen molar-refractivity contribution in [3.05, 3.63) is 69.5 Å². The Morgan fingerprint density at radius 2 is 1.97 bits per heavy atom. The van der Waals surface area contributed by atoms with E-state index in [1.807, 2.05) is 0 Å². The smallest absolute Gasteiger partial charge is 0.333 e. The fraction of sp³-hybridized carbons (Fsp3) is 0.304. The van der Waals surface area contributed by atoms with Gasteiger partial charge in [0.05, 0.1) is 13.2 Å². The van der Waals surface area contributed by atoms with Crippen LogP contribution in [0.15, 0.2) is 46.9 Å². The Hall–Kier alpha value is -2.71. The number of carboxylic acid groups (broad SMARTS) is 1. The third-order valence-electron chi connectivity index (χ3n) is 4.31. The molecular weight excluding hydrogens is 469 g/mol. The Balaban J connectivity index is 2.07. The van der Waals surface area contributed by atoms with Crippen LogP contribution in [-0.2, 0) is 27.3 Å². The molecule has 0 aromatic heterocycles. The second kappa shape index (κ2) is 11.6. The number of methoxy groups -OCH3 is 1. The first-order valence-electron chi connectivity index (χ1n) is 9.64. The number of ether oxygens (including phenoxy) is 2. The standard InChI is InChI=1S/C23H25BrFNO5/c1-14(2)31-21(23(28)29)11-15-4-8-20(30-3)17(10-15)13-26-22(27)9-6-16-5-7-18(24)12-19(16)25/h4-10,12,14,21H,11,13H2,1-3H3,(H,26,27)(H,28,29)/b9-6+. The molecule has 2 N–H and O–H groups in total. The monoisotopic (exact) mass is 493 g/mol. The minimum Gasteiger partial charge on any atom is -0.496 e. The highest BCUT2D eigenvalue weighted by molar-refractivity contribution is 9.10. The molecule has 0 fully saturated rings. The van der Waals surface area contributed by atoms with Crippen molar-refractivity contribution in [2.45, 2.75) is 39.0 Å². The van der Waals surface area contributed by atoms with Gasteiger partial charge in [-0.2, -0.15) is 0 Å². The molecule has 0 aliphatic rings. The third-order valence-corrected chi connectivity index (χ3v) is 4.80. The van der Waals surface area contributed by atoms with Crippen LogP contribution in [0, 0.1) is 5.82 Å². The maximum absolute atomic E-state index is 13.9. The average Bonchev–Trinajstić information content (AvgIpc) is 2.70. The molecule has 0 saturated heterocycles. The summed E-state index contributed by atoms with van der Waals surface area (Å²) >= 11 is 3.18. The van der Waals surface area contributed by atoms with Gasteiger partial charge >= 0.3 is 5.97 Å². The molecule has 1 atom stereocenters. The van der Waals surface area contributed by atoms with E-state index in [0.717, 1.165) is 5.56 Å². The van der Waals surface area contributed by atoms with Crippen LogP contribution in [0.2, 0.25) is 0 Å². The maximum atomic E-state index is 13.9. The van der Waals surface area contributed by atoms with Crippen LogP contribution < -0.4 is 10.1 Å². The Morgan fingerprint density at radius 3 is 2.58 bits per heavy atom. The average molecular weight is 494 g/mol. The van der Waals surface area contributed by atoms with Gasteiger partial charge in [-0.3, -0.25) is 4.79 Å². The fourth-order valence-electron chi connectivity index (χ4n) is 2.88. The zero-order chi connectivity index (χ0) is 23.0. The summed E-state index contributed by atoms with van der Waals surface area (Å²) in [6.07, 6.45) is 1.63. The van der Waals surface area contributed by atoms with Gasteiger partial charge < -0.3 is 19.9 Å². The van der Waals surface area contributed by atoms with Gasteiger partial charge in [-0.1, -0.05) is 34.1 Å². The number of aliphatic carboxylic acids is 1. The maximum Gasteiger partial charge on any atom is 0.333 e. The van der Waals surface area contributed by atoms with Gasteiger partial charge in [-0.15, -0.1) is 0 Å². The molecule has 2 aromatic carbocycles. The summed E-state index contributed by atoms with van der Waals surface area (Å²) in [6.45, 7) is 3.71. The van der Waals surface area contributed by atoms with Crippen molar-refractivity contribution in [3.63, 3.8) is 0 Å². The molecule has 2 rings (SSSR count). The lowest BCUT2D eigenvalue weighted by molar-refractivity contribution is -0.153. The van der Waals surface area contributed by atoms with E-state index in [4.69, 9.17) is 9.47 Å². The van der Waals surface area contributed by atoms with Gasteiger partial charge in [-0.25, -0.2) is 9.18 Å². The topological polar surface area (TPSA) is 84.9 Å². The van der Waals surface area contributed by atoms with Crippen LogP contribution in [0.5, 0.6) is 5.75 Å². The zero-order valence-corrected chi connectivity index (χ0v) is 19.1. The molecule has 0 aliphatic heterocycles. The van der Waals surface area contributed by atoms with Crippen LogP contribution in [-0.4, -0.2) is 36.3 Å². The third kappa shape index (κ3) is 7.80. The number of hydrogen-bond acceptors (Lipinski definition) is 4. The Morgan fingerprint density at radius 1 is 1.23 bits per heavy atom. The van der Waals surface area contributed by atoms with E-state index in [0.29, 0.717) is 21.3 Å². The van der Waals surface area contributed by atoms with Gasteiger partial charge in [-0.05, 0) is 43.7 Å². The number of amides is 1. The summed E-state index contributed by atoms with van der Waals surface area (Å²) in [6, 6.07) is 9.83. The first-order chi connectivity index (χ1) is 14.7. The molecule has 1 unspecified atom stereocenters. The molecule has 0 heterocycles. The van der Waals surface area contributed by atoms with Crippen LogP contribution in [0.1, 0.15) is 30.5 Å². The summed E-state index contributed by atoms with van der Waals surface area (Å²) in [5.74, 6) is -1.32. The Labute approximate surface area is 189 Å². The summed E-state index contributed by atoms with van der Waals surface area (Å²) in [4.78, 5) is 23.6. The van der Waals surface area contributed by atoms with E-state index in [2.05, 4.69) is 21.2 Å². The second-order valence-electron chi connectivity index (χ2n) is 7.08. The predicted octanol–water partition coefficient (Wildman–Crippen LogP) is 4.35. The molecular formula is C23H25BrFNO5. The van der Waals surface area contributed by atoms with E-state index in [9.17, 15) is 19.1 Å². The minimum atomic E-state index is -1.04.